The van der Waals surface area contributed by atoms with E-state index >= 15 is 0 Å². The summed E-state index contributed by atoms with van der Waals surface area (Å²) in [6.07, 6.45) is 2.57. The van der Waals surface area contributed by atoms with Crippen molar-refractivity contribution in [2.45, 2.75) is 25.3 Å². The first kappa shape index (κ1) is 14.1. The minimum absolute atomic E-state index is 0.0636. The Morgan fingerprint density at radius 2 is 2.10 bits per heavy atom. The summed E-state index contributed by atoms with van der Waals surface area (Å²) in [5.41, 5.74) is 0. The van der Waals surface area contributed by atoms with Crippen molar-refractivity contribution in [2.75, 3.05) is 13.7 Å². The largest absolute Gasteiger partial charge is 0.467 e. The van der Waals surface area contributed by atoms with Gasteiger partial charge in [-0.05, 0) is 36.8 Å². The molecule has 0 spiro atoms. The third-order valence-corrected chi connectivity index (χ3v) is 4.98. The molecule has 0 aliphatic carbocycles. The Morgan fingerprint density at radius 3 is 2.86 bits per heavy atom. The number of carbonyl (C=O) groups excluding carboxylic acids is 2. The predicted molar refractivity (Wildman–Crippen MR) is 82.5 cm³/mol. The molecule has 0 saturated carbocycles. The number of piperidine rings is 1. The van der Waals surface area contributed by atoms with Crippen LogP contribution in [0, 0.1) is 0 Å². The second-order valence-corrected chi connectivity index (χ2v) is 6.27. The molecule has 3 rings (SSSR count). The molecule has 1 amide bonds. The summed E-state index contributed by atoms with van der Waals surface area (Å²) in [6, 6.07) is 9.39. The Morgan fingerprint density at radius 1 is 1.29 bits per heavy atom. The van der Waals surface area contributed by atoms with E-state index in [4.69, 9.17) is 4.74 Å². The van der Waals surface area contributed by atoms with Crippen molar-refractivity contribution in [1.29, 1.82) is 0 Å². The molecule has 5 heteroatoms. The maximum atomic E-state index is 12.7. The Labute approximate surface area is 127 Å². The molecule has 1 fully saturated rings. The van der Waals surface area contributed by atoms with Crippen molar-refractivity contribution >= 4 is 33.3 Å². The summed E-state index contributed by atoms with van der Waals surface area (Å²) >= 11 is 1.48. The van der Waals surface area contributed by atoms with Gasteiger partial charge in [0.15, 0.2) is 0 Å². The fraction of sp³-hybridized carbons (Fsp3) is 0.375. The van der Waals surface area contributed by atoms with Crippen LogP contribution in [-0.4, -0.2) is 36.5 Å². The molecule has 110 valence electrons. The molecule has 2 aromatic rings. The Kier molecular flexibility index (Phi) is 3.92. The molecule has 1 aromatic heterocycles. The zero-order valence-corrected chi connectivity index (χ0v) is 12.7. The number of thiophene rings is 1. The van der Waals surface area contributed by atoms with Crippen LogP contribution in [0.1, 0.15) is 28.9 Å². The van der Waals surface area contributed by atoms with Crippen molar-refractivity contribution < 1.29 is 14.3 Å². The predicted octanol–water partition coefficient (Wildman–Crippen LogP) is 3.07. The zero-order chi connectivity index (χ0) is 14.8. The van der Waals surface area contributed by atoms with E-state index in [9.17, 15) is 9.59 Å². The lowest BCUT2D eigenvalue weighted by atomic mass is 10.0. The highest BCUT2D eigenvalue weighted by Crippen LogP contribution is 2.28. The van der Waals surface area contributed by atoms with Gasteiger partial charge in [-0.3, -0.25) is 4.79 Å². The van der Waals surface area contributed by atoms with E-state index in [1.807, 2.05) is 30.3 Å². The first-order valence-electron chi connectivity index (χ1n) is 7.08. The van der Waals surface area contributed by atoms with Gasteiger partial charge in [0.05, 0.1) is 12.0 Å². The number of ether oxygens (including phenoxy) is 1. The number of nitrogens with zero attached hydrogens (tertiary/aromatic N) is 1. The summed E-state index contributed by atoms with van der Waals surface area (Å²) in [5, 5.41) is 1.07. The highest BCUT2D eigenvalue weighted by atomic mass is 32.1. The molecule has 0 radical (unpaired) electrons. The van der Waals surface area contributed by atoms with Crippen LogP contribution >= 0.6 is 11.3 Å². The summed E-state index contributed by atoms with van der Waals surface area (Å²) in [6.45, 7) is 0.618. The van der Waals surface area contributed by atoms with Gasteiger partial charge in [0, 0.05) is 11.2 Å². The molecule has 21 heavy (non-hydrogen) atoms. The van der Waals surface area contributed by atoms with Crippen molar-refractivity contribution in [2.24, 2.45) is 0 Å². The lowest BCUT2D eigenvalue weighted by molar-refractivity contribution is -0.147. The minimum Gasteiger partial charge on any atom is -0.467 e. The fourth-order valence-electron chi connectivity index (χ4n) is 2.78. The fourth-order valence-corrected chi connectivity index (χ4v) is 3.80. The minimum atomic E-state index is -0.443. The molecule has 0 N–H and O–H groups in total. The van der Waals surface area contributed by atoms with Crippen LogP contribution in [0.25, 0.3) is 10.1 Å². The highest BCUT2D eigenvalue weighted by molar-refractivity contribution is 7.20. The van der Waals surface area contributed by atoms with Gasteiger partial charge < -0.3 is 9.64 Å². The zero-order valence-electron chi connectivity index (χ0n) is 11.9. The number of rotatable bonds is 2. The topological polar surface area (TPSA) is 46.6 Å². The molecule has 1 atom stereocenters. The van der Waals surface area contributed by atoms with Gasteiger partial charge in [-0.15, -0.1) is 11.3 Å². The summed E-state index contributed by atoms with van der Waals surface area (Å²) < 4.78 is 5.93. The van der Waals surface area contributed by atoms with Gasteiger partial charge in [0.2, 0.25) is 0 Å². The molecular weight excluding hydrogens is 286 g/mol. The molecule has 1 unspecified atom stereocenters. The Balaban J connectivity index is 1.90. The highest BCUT2D eigenvalue weighted by Gasteiger charge is 2.33. The molecule has 1 saturated heterocycles. The average Bonchev–Trinajstić information content (AvgIpc) is 2.97. The van der Waals surface area contributed by atoms with Gasteiger partial charge in [-0.25, -0.2) is 4.79 Å². The number of hydrogen-bond acceptors (Lipinski definition) is 4. The second-order valence-electron chi connectivity index (χ2n) is 5.18. The van der Waals surface area contributed by atoms with Crippen molar-refractivity contribution in [3.05, 3.63) is 35.2 Å². The number of carbonyl (C=O) groups is 2. The van der Waals surface area contributed by atoms with Gasteiger partial charge >= 0.3 is 5.97 Å². The summed E-state index contributed by atoms with van der Waals surface area (Å²) in [5.74, 6) is -0.379. The molecular formula is C16H17NO3S. The quantitative estimate of drug-likeness (QED) is 0.801. The lowest BCUT2D eigenvalue weighted by Crippen LogP contribution is -2.48. The Bertz CT molecular complexity index is 646. The number of fused-ring (bicyclic) bond motifs is 1. The van der Waals surface area contributed by atoms with Gasteiger partial charge in [0.25, 0.3) is 5.91 Å². The third-order valence-electron chi connectivity index (χ3n) is 3.87. The molecule has 1 aromatic carbocycles. The number of benzene rings is 1. The number of amides is 1. The molecule has 1 aliphatic rings. The van der Waals surface area contributed by atoms with Crippen molar-refractivity contribution in [1.82, 2.24) is 4.90 Å². The van der Waals surface area contributed by atoms with Crippen LogP contribution in [0.3, 0.4) is 0 Å². The molecule has 4 nitrogen and oxygen atoms in total. The second kappa shape index (κ2) is 5.85. The van der Waals surface area contributed by atoms with Gasteiger partial charge in [-0.2, -0.15) is 0 Å². The van der Waals surface area contributed by atoms with E-state index in [1.54, 1.807) is 4.90 Å². The van der Waals surface area contributed by atoms with Crippen LogP contribution in [0.2, 0.25) is 0 Å². The number of esters is 1. The standard InChI is InChI=1S/C16H17NO3S/c1-20-16(19)12-7-4-5-9-17(12)15(18)14-10-11-6-2-3-8-13(11)21-14/h2-3,6,8,10,12H,4-5,7,9H2,1H3. The van der Waals surface area contributed by atoms with E-state index < -0.39 is 6.04 Å². The van der Waals surface area contributed by atoms with E-state index in [1.165, 1.54) is 18.4 Å². The normalized spacial score (nSPS) is 18.7. The third kappa shape index (κ3) is 2.65. The average molecular weight is 303 g/mol. The smallest absolute Gasteiger partial charge is 0.328 e. The monoisotopic (exact) mass is 303 g/mol. The van der Waals surface area contributed by atoms with E-state index in [-0.39, 0.29) is 11.9 Å². The van der Waals surface area contributed by atoms with Gasteiger partial charge in [0.1, 0.15) is 6.04 Å². The lowest BCUT2D eigenvalue weighted by Gasteiger charge is -2.33. The van der Waals surface area contributed by atoms with Crippen LogP contribution in [0.4, 0.5) is 0 Å². The Hall–Kier alpha value is -1.88. The van der Waals surface area contributed by atoms with Gasteiger partial charge in [-0.1, -0.05) is 18.2 Å². The maximum absolute atomic E-state index is 12.7. The van der Waals surface area contributed by atoms with E-state index in [0.29, 0.717) is 17.8 Å². The van der Waals surface area contributed by atoms with E-state index in [0.717, 1.165) is 22.9 Å². The molecule has 2 heterocycles. The summed E-state index contributed by atoms with van der Waals surface area (Å²) in [4.78, 5) is 27.0. The van der Waals surface area contributed by atoms with Crippen molar-refractivity contribution in [3.63, 3.8) is 0 Å². The maximum Gasteiger partial charge on any atom is 0.328 e. The van der Waals surface area contributed by atoms with Crippen LogP contribution in [0.15, 0.2) is 30.3 Å². The van der Waals surface area contributed by atoms with Crippen LogP contribution in [-0.2, 0) is 9.53 Å². The van der Waals surface area contributed by atoms with Crippen LogP contribution < -0.4 is 0 Å². The first-order valence-corrected chi connectivity index (χ1v) is 7.90. The summed E-state index contributed by atoms with van der Waals surface area (Å²) in [7, 11) is 1.37. The first-order chi connectivity index (χ1) is 10.2. The van der Waals surface area contributed by atoms with Crippen molar-refractivity contribution in [3.8, 4) is 0 Å². The number of likely N-dealkylation sites (tertiary alicyclic amines) is 1. The SMILES string of the molecule is COC(=O)C1CCCCN1C(=O)c1cc2ccccc2s1. The van der Waals surface area contributed by atoms with E-state index in [2.05, 4.69) is 0 Å². The van der Waals surface area contributed by atoms with Crippen LogP contribution in [0.5, 0.6) is 0 Å². The molecule has 1 aliphatic heterocycles. The number of methoxy groups -OCH3 is 1. The number of hydrogen-bond donors (Lipinski definition) is 0. The molecule has 0 bridgehead atoms.